The molecular formula is C19H26N2OS. The van der Waals surface area contributed by atoms with Gasteiger partial charge in [0, 0.05) is 19.0 Å². The minimum Gasteiger partial charge on any atom is -0.390 e. The van der Waals surface area contributed by atoms with Gasteiger partial charge in [0.1, 0.15) is 11.8 Å². The number of hydrogen-bond acceptors (Lipinski definition) is 4. The maximum absolute atomic E-state index is 5.69. The molecule has 1 aliphatic heterocycles. The quantitative estimate of drug-likeness (QED) is 0.904. The molecule has 0 saturated heterocycles. The smallest absolute Gasteiger partial charge is 0.145 e. The first-order valence-corrected chi connectivity index (χ1v) is 10.2. The van der Waals surface area contributed by atoms with Crippen molar-refractivity contribution in [2.45, 2.75) is 57.1 Å². The van der Waals surface area contributed by atoms with Crippen LogP contribution in [0.5, 0.6) is 0 Å². The van der Waals surface area contributed by atoms with Crippen LogP contribution in [0.15, 0.2) is 22.7 Å². The van der Waals surface area contributed by atoms with E-state index < -0.39 is 0 Å². The predicted molar refractivity (Wildman–Crippen MR) is 93.8 cm³/mol. The maximum Gasteiger partial charge on any atom is 0.145 e. The summed E-state index contributed by atoms with van der Waals surface area (Å²) in [6.45, 7) is 0.961. The van der Waals surface area contributed by atoms with Crippen molar-refractivity contribution in [3.05, 3.63) is 22.4 Å². The lowest BCUT2D eigenvalue weighted by molar-refractivity contribution is 0.000260. The first kappa shape index (κ1) is 14.5. The topological polar surface area (TPSA) is 33.6 Å². The Kier molecular flexibility index (Phi) is 3.71. The summed E-state index contributed by atoms with van der Waals surface area (Å²) in [5.74, 6) is 4.01. The molecule has 0 amide bonds. The average Bonchev–Trinajstić information content (AvgIpc) is 3.22. The van der Waals surface area contributed by atoms with Gasteiger partial charge >= 0.3 is 0 Å². The number of rotatable bonds is 4. The zero-order valence-corrected chi connectivity index (χ0v) is 14.4. The van der Waals surface area contributed by atoms with Gasteiger partial charge in [-0.15, -0.1) is 11.3 Å². The van der Waals surface area contributed by atoms with Crippen LogP contribution in [0, 0.1) is 23.7 Å². The highest BCUT2D eigenvalue weighted by Crippen LogP contribution is 2.52. The van der Waals surface area contributed by atoms with E-state index in [1.165, 1.54) is 43.4 Å². The molecule has 3 aliphatic carbocycles. The van der Waals surface area contributed by atoms with Crippen molar-refractivity contribution in [2.75, 3.05) is 6.54 Å². The fourth-order valence-electron chi connectivity index (χ4n) is 5.77. The second-order valence-corrected chi connectivity index (χ2v) is 9.09. The normalized spacial score (nSPS) is 41.7. The van der Waals surface area contributed by atoms with Crippen molar-refractivity contribution in [3.8, 4) is 0 Å². The van der Waals surface area contributed by atoms with Crippen LogP contribution in [0.1, 0.15) is 49.8 Å². The third kappa shape index (κ3) is 2.74. The zero-order chi connectivity index (χ0) is 15.2. The Morgan fingerprint density at radius 3 is 3.04 bits per heavy atom. The van der Waals surface area contributed by atoms with Gasteiger partial charge in [0.25, 0.3) is 0 Å². The van der Waals surface area contributed by atoms with Gasteiger partial charge in [-0.05, 0) is 67.2 Å². The van der Waals surface area contributed by atoms with Gasteiger partial charge in [-0.3, -0.25) is 0 Å². The molecule has 4 heteroatoms. The Labute approximate surface area is 142 Å². The third-order valence-corrected chi connectivity index (χ3v) is 7.62. The van der Waals surface area contributed by atoms with E-state index in [0.717, 1.165) is 48.4 Å². The average molecular weight is 330 g/mol. The van der Waals surface area contributed by atoms with Crippen LogP contribution < -0.4 is 5.32 Å². The summed E-state index contributed by atoms with van der Waals surface area (Å²) >= 11 is 1.76. The van der Waals surface area contributed by atoms with E-state index in [9.17, 15) is 0 Å². The van der Waals surface area contributed by atoms with Crippen LogP contribution in [0.4, 0.5) is 0 Å². The lowest BCUT2D eigenvalue weighted by Crippen LogP contribution is -2.51. The second-order valence-electron chi connectivity index (χ2n) is 8.14. The number of thiophene rings is 1. The van der Waals surface area contributed by atoms with E-state index in [4.69, 9.17) is 4.84 Å². The van der Waals surface area contributed by atoms with Crippen LogP contribution in [0.3, 0.4) is 0 Å². The molecule has 0 aromatic carbocycles. The number of nitrogens with zero attached hydrogens (tertiary/aromatic N) is 1. The molecule has 1 aromatic heterocycles. The fraction of sp³-hybridized carbons (Fsp3) is 0.737. The van der Waals surface area contributed by atoms with Crippen molar-refractivity contribution >= 4 is 17.0 Å². The van der Waals surface area contributed by atoms with E-state index in [1.54, 1.807) is 11.3 Å². The Morgan fingerprint density at radius 1 is 1.17 bits per heavy atom. The molecule has 6 unspecified atom stereocenters. The Morgan fingerprint density at radius 2 is 2.13 bits per heavy atom. The maximum atomic E-state index is 5.69. The first-order valence-electron chi connectivity index (χ1n) is 9.35. The van der Waals surface area contributed by atoms with E-state index >= 15 is 0 Å². The summed E-state index contributed by atoms with van der Waals surface area (Å²) in [5.41, 5.74) is 1.13. The molecular weight excluding hydrogens is 304 g/mol. The van der Waals surface area contributed by atoms with Crippen molar-refractivity contribution in [3.63, 3.8) is 0 Å². The highest BCUT2D eigenvalue weighted by atomic mass is 32.1. The Hall–Kier alpha value is -0.870. The fourth-order valence-corrected chi connectivity index (χ4v) is 6.48. The van der Waals surface area contributed by atoms with Gasteiger partial charge in [0.15, 0.2) is 0 Å². The molecule has 3 bridgehead atoms. The van der Waals surface area contributed by atoms with Crippen molar-refractivity contribution in [1.82, 2.24) is 5.32 Å². The van der Waals surface area contributed by atoms with Crippen molar-refractivity contribution in [1.29, 1.82) is 0 Å². The lowest BCUT2D eigenvalue weighted by atomic mass is 9.56. The van der Waals surface area contributed by atoms with Gasteiger partial charge in [-0.2, -0.15) is 0 Å². The summed E-state index contributed by atoms with van der Waals surface area (Å²) in [4.78, 5) is 6.95. The standard InChI is InChI=1S/C19H26N2OS/c1-2-19(23-5-1)18-10-15(22-21-18)11-20-17-9-13-6-12-3-4-16(17)14(7-12)8-13/h1-2,5,12-17,20H,3-4,6-11H2. The van der Waals surface area contributed by atoms with Gasteiger partial charge in [0.2, 0.25) is 0 Å². The summed E-state index contributed by atoms with van der Waals surface area (Å²) < 4.78 is 0. The molecule has 124 valence electrons. The summed E-state index contributed by atoms with van der Waals surface area (Å²) in [5, 5.41) is 10.3. The van der Waals surface area contributed by atoms with Gasteiger partial charge < -0.3 is 10.2 Å². The molecule has 4 aliphatic rings. The molecule has 3 fully saturated rings. The van der Waals surface area contributed by atoms with E-state index in [2.05, 4.69) is 28.0 Å². The molecule has 3 saturated carbocycles. The van der Waals surface area contributed by atoms with Crippen LogP contribution >= 0.6 is 11.3 Å². The van der Waals surface area contributed by atoms with Gasteiger partial charge in [-0.1, -0.05) is 17.6 Å². The minimum atomic E-state index is 0.227. The van der Waals surface area contributed by atoms with E-state index in [1.807, 2.05) is 0 Å². The Balaban J connectivity index is 1.18. The highest BCUT2D eigenvalue weighted by Gasteiger charge is 2.45. The molecule has 6 atom stereocenters. The monoisotopic (exact) mass is 330 g/mol. The summed E-state index contributed by atoms with van der Waals surface area (Å²) in [7, 11) is 0. The molecule has 1 N–H and O–H groups in total. The SMILES string of the molecule is c1csc(C2=NOC(CNC3CC4CC5CCC3C(C5)C4)C2)c1. The predicted octanol–water partition coefficient (Wildman–Crippen LogP) is 4.05. The van der Waals surface area contributed by atoms with Gasteiger partial charge in [-0.25, -0.2) is 0 Å². The summed E-state index contributed by atoms with van der Waals surface area (Å²) in [6.07, 6.45) is 10.1. The van der Waals surface area contributed by atoms with Crippen LogP contribution in [-0.4, -0.2) is 24.4 Å². The molecule has 3 nitrogen and oxygen atoms in total. The summed E-state index contributed by atoms with van der Waals surface area (Å²) in [6, 6.07) is 4.96. The van der Waals surface area contributed by atoms with Crippen LogP contribution in [-0.2, 0) is 4.84 Å². The molecule has 1 aromatic rings. The number of oxime groups is 1. The van der Waals surface area contributed by atoms with Gasteiger partial charge in [0.05, 0.1) is 4.88 Å². The lowest BCUT2D eigenvalue weighted by Gasteiger charge is -2.52. The zero-order valence-electron chi connectivity index (χ0n) is 13.6. The van der Waals surface area contributed by atoms with E-state index in [0.29, 0.717) is 0 Å². The second kappa shape index (κ2) is 5.89. The number of fused-ring (bicyclic) bond motifs is 2. The third-order valence-electron chi connectivity index (χ3n) is 6.70. The molecule has 0 spiro atoms. The van der Waals surface area contributed by atoms with Crippen molar-refractivity contribution in [2.24, 2.45) is 28.8 Å². The van der Waals surface area contributed by atoms with Crippen LogP contribution in [0.25, 0.3) is 0 Å². The number of hydrogen-bond donors (Lipinski definition) is 1. The molecule has 2 heterocycles. The number of nitrogens with one attached hydrogen (secondary N) is 1. The molecule has 5 rings (SSSR count). The first-order chi connectivity index (χ1) is 11.3. The minimum absolute atomic E-state index is 0.227. The van der Waals surface area contributed by atoms with Crippen molar-refractivity contribution < 1.29 is 4.84 Å². The molecule has 23 heavy (non-hydrogen) atoms. The van der Waals surface area contributed by atoms with E-state index in [-0.39, 0.29) is 6.10 Å². The highest BCUT2D eigenvalue weighted by molar-refractivity contribution is 7.12. The molecule has 0 radical (unpaired) electrons. The Bertz CT molecular complexity index is 578. The largest absolute Gasteiger partial charge is 0.390 e. The van der Waals surface area contributed by atoms with Crippen LogP contribution in [0.2, 0.25) is 0 Å².